The Morgan fingerprint density at radius 2 is 2.06 bits per heavy atom. The third-order valence-corrected chi connectivity index (χ3v) is 4.93. The molecule has 0 spiro atoms. The van der Waals surface area contributed by atoms with E-state index in [0.717, 1.165) is 19.6 Å². The highest BCUT2D eigenvalue weighted by Crippen LogP contribution is 2.20. The number of aryl methyl sites for hydroxylation is 1. The Balaban J connectivity index is 1.94. The quantitative estimate of drug-likeness (QED) is 0.869. The molecule has 2 heterocycles. The van der Waals surface area contributed by atoms with Gasteiger partial charge >= 0.3 is 0 Å². The largest absolute Gasteiger partial charge is 0.349 e. The maximum absolute atomic E-state index is 3.51. The minimum Gasteiger partial charge on any atom is -0.349 e. The minimum absolute atomic E-state index is 0.937. The van der Waals surface area contributed by atoms with Crippen LogP contribution in [0.3, 0.4) is 0 Å². The second kappa shape index (κ2) is 6.04. The highest BCUT2D eigenvalue weighted by atomic mass is 79.9. The van der Waals surface area contributed by atoms with Crippen molar-refractivity contribution in [2.24, 2.45) is 0 Å². The van der Waals surface area contributed by atoms with Crippen LogP contribution in [0.15, 0.2) is 22.0 Å². The van der Waals surface area contributed by atoms with Crippen molar-refractivity contribution in [2.75, 3.05) is 0 Å². The first kappa shape index (κ1) is 13.8. The van der Waals surface area contributed by atoms with Crippen molar-refractivity contribution < 1.29 is 0 Å². The predicted octanol–water partition coefficient (Wildman–Crippen LogP) is 4.24. The van der Waals surface area contributed by atoms with E-state index < -0.39 is 0 Å². The summed E-state index contributed by atoms with van der Waals surface area (Å²) in [5.41, 5.74) is 4.14. The third-order valence-electron chi connectivity index (χ3n) is 3.23. The average molecular weight is 327 g/mol. The van der Waals surface area contributed by atoms with Crippen LogP contribution in [0.4, 0.5) is 0 Å². The Labute approximate surface area is 121 Å². The van der Waals surface area contributed by atoms with Crippen molar-refractivity contribution in [3.8, 4) is 0 Å². The first-order valence-electron chi connectivity index (χ1n) is 6.21. The van der Waals surface area contributed by atoms with E-state index in [1.54, 1.807) is 11.3 Å². The lowest BCUT2D eigenvalue weighted by molar-refractivity contribution is 0.680. The molecule has 0 bridgehead atoms. The molecule has 0 fully saturated rings. The Hall–Kier alpha value is -0.580. The summed E-state index contributed by atoms with van der Waals surface area (Å²) < 4.78 is 3.53. The van der Waals surface area contributed by atoms with Gasteiger partial charge in [0.25, 0.3) is 0 Å². The molecule has 0 aliphatic rings. The molecular formula is C14H19BrN2S. The zero-order valence-electron chi connectivity index (χ0n) is 11.1. The van der Waals surface area contributed by atoms with Gasteiger partial charge in [-0.25, -0.2) is 0 Å². The van der Waals surface area contributed by atoms with Crippen molar-refractivity contribution in [1.29, 1.82) is 0 Å². The molecule has 0 saturated heterocycles. The summed E-state index contributed by atoms with van der Waals surface area (Å²) in [6.07, 6.45) is 0. The van der Waals surface area contributed by atoms with Gasteiger partial charge in [-0.15, -0.1) is 11.3 Å². The predicted molar refractivity (Wildman–Crippen MR) is 82.1 cm³/mol. The second-order valence-electron chi connectivity index (χ2n) is 4.48. The number of thiophene rings is 1. The van der Waals surface area contributed by atoms with Crippen LogP contribution >= 0.6 is 27.3 Å². The van der Waals surface area contributed by atoms with E-state index in [9.17, 15) is 0 Å². The van der Waals surface area contributed by atoms with E-state index in [0.29, 0.717) is 0 Å². The molecule has 1 N–H and O–H groups in total. The van der Waals surface area contributed by atoms with Crippen molar-refractivity contribution >= 4 is 27.3 Å². The molecule has 0 aliphatic carbocycles. The fourth-order valence-electron chi connectivity index (χ4n) is 2.30. The summed E-state index contributed by atoms with van der Waals surface area (Å²) >= 11 is 5.27. The van der Waals surface area contributed by atoms with E-state index in [2.05, 4.69) is 64.1 Å². The Morgan fingerprint density at radius 3 is 2.61 bits per heavy atom. The van der Waals surface area contributed by atoms with Crippen molar-refractivity contribution in [3.63, 3.8) is 0 Å². The lowest BCUT2D eigenvalue weighted by Gasteiger charge is -2.06. The summed E-state index contributed by atoms with van der Waals surface area (Å²) in [6.45, 7) is 9.50. The lowest BCUT2D eigenvalue weighted by atomic mass is 10.2. The van der Waals surface area contributed by atoms with Gasteiger partial charge in [0.05, 0.1) is 0 Å². The maximum Gasteiger partial charge on any atom is 0.0303 e. The van der Waals surface area contributed by atoms with Crippen LogP contribution in [0.2, 0.25) is 0 Å². The molecule has 0 amide bonds. The molecule has 2 rings (SSSR count). The number of aromatic nitrogens is 1. The maximum atomic E-state index is 3.51. The van der Waals surface area contributed by atoms with Crippen LogP contribution in [-0.2, 0) is 19.6 Å². The van der Waals surface area contributed by atoms with Crippen molar-refractivity contribution in [3.05, 3.63) is 43.8 Å². The third kappa shape index (κ3) is 3.05. The van der Waals surface area contributed by atoms with Gasteiger partial charge in [0.1, 0.15) is 0 Å². The second-order valence-corrected chi connectivity index (χ2v) is 6.39. The molecule has 0 aliphatic heterocycles. The lowest BCUT2D eigenvalue weighted by Crippen LogP contribution is -2.12. The zero-order valence-corrected chi connectivity index (χ0v) is 13.5. The molecule has 98 valence electrons. The number of hydrogen-bond donors (Lipinski definition) is 1. The first-order chi connectivity index (χ1) is 8.61. The molecule has 0 unspecified atom stereocenters. The van der Waals surface area contributed by atoms with Crippen LogP contribution in [-0.4, -0.2) is 4.57 Å². The Bertz CT molecular complexity index is 528. The molecule has 2 aromatic heterocycles. The van der Waals surface area contributed by atoms with Gasteiger partial charge in [0, 0.05) is 45.8 Å². The minimum atomic E-state index is 0.937. The molecule has 4 heteroatoms. The van der Waals surface area contributed by atoms with Gasteiger partial charge in [0.15, 0.2) is 0 Å². The highest BCUT2D eigenvalue weighted by molar-refractivity contribution is 9.10. The smallest absolute Gasteiger partial charge is 0.0303 e. The normalized spacial score (nSPS) is 11.1. The Morgan fingerprint density at radius 1 is 1.28 bits per heavy atom. The van der Waals surface area contributed by atoms with Crippen molar-refractivity contribution in [1.82, 2.24) is 9.88 Å². The summed E-state index contributed by atoms with van der Waals surface area (Å²) in [4.78, 5) is 1.37. The zero-order chi connectivity index (χ0) is 13.1. The van der Waals surface area contributed by atoms with E-state index in [4.69, 9.17) is 0 Å². The van der Waals surface area contributed by atoms with E-state index in [1.807, 2.05) is 0 Å². The number of nitrogens with zero attached hydrogens (tertiary/aromatic N) is 1. The fourth-order valence-corrected chi connectivity index (χ4v) is 3.73. The molecule has 0 atom stereocenters. The molecule has 18 heavy (non-hydrogen) atoms. The van der Waals surface area contributed by atoms with Crippen LogP contribution in [0.5, 0.6) is 0 Å². The number of nitrogens with one attached hydrogen (secondary N) is 1. The summed E-state index contributed by atoms with van der Waals surface area (Å²) in [5.74, 6) is 0. The van der Waals surface area contributed by atoms with E-state index in [1.165, 1.54) is 26.3 Å². The molecule has 2 aromatic rings. The molecule has 0 aromatic carbocycles. The van der Waals surface area contributed by atoms with Gasteiger partial charge in [-0.05, 0) is 54.4 Å². The molecule has 2 nitrogen and oxygen atoms in total. The average Bonchev–Trinajstić information content (AvgIpc) is 2.85. The van der Waals surface area contributed by atoms with Crippen molar-refractivity contribution in [2.45, 2.75) is 40.4 Å². The number of halogens is 1. The molecule has 0 saturated carbocycles. The van der Waals surface area contributed by atoms with Crippen LogP contribution in [0, 0.1) is 13.8 Å². The van der Waals surface area contributed by atoms with Crippen LogP contribution in [0.1, 0.15) is 28.8 Å². The van der Waals surface area contributed by atoms with E-state index >= 15 is 0 Å². The summed E-state index contributed by atoms with van der Waals surface area (Å²) in [5, 5.41) is 5.64. The Kier molecular flexibility index (Phi) is 4.65. The topological polar surface area (TPSA) is 17.0 Å². The van der Waals surface area contributed by atoms with Gasteiger partial charge in [-0.2, -0.15) is 0 Å². The molecule has 0 radical (unpaired) electrons. The van der Waals surface area contributed by atoms with E-state index in [-0.39, 0.29) is 0 Å². The van der Waals surface area contributed by atoms with Gasteiger partial charge in [0.2, 0.25) is 0 Å². The number of rotatable bonds is 5. The van der Waals surface area contributed by atoms with Crippen LogP contribution in [0.25, 0.3) is 0 Å². The monoisotopic (exact) mass is 326 g/mol. The van der Waals surface area contributed by atoms with Gasteiger partial charge in [-0.1, -0.05) is 0 Å². The highest BCUT2D eigenvalue weighted by Gasteiger charge is 2.07. The van der Waals surface area contributed by atoms with Crippen LogP contribution < -0.4 is 5.32 Å². The molecular weight excluding hydrogens is 308 g/mol. The van der Waals surface area contributed by atoms with Gasteiger partial charge in [-0.3, -0.25) is 0 Å². The summed E-state index contributed by atoms with van der Waals surface area (Å²) in [7, 11) is 0. The first-order valence-corrected chi connectivity index (χ1v) is 7.88. The summed E-state index contributed by atoms with van der Waals surface area (Å²) in [6, 6.07) is 4.46. The number of hydrogen-bond acceptors (Lipinski definition) is 2. The SMILES string of the molecule is CCn1c(C)cc(CNCc2cc(Br)cs2)c1C. The van der Waals surface area contributed by atoms with Gasteiger partial charge < -0.3 is 9.88 Å². The fraction of sp³-hybridized carbons (Fsp3) is 0.429. The standard InChI is InChI=1S/C14H19BrN2S/c1-4-17-10(2)5-12(11(17)3)7-16-8-14-6-13(15)9-18-14/h5-6,9,16H,4,7-8H2,1-3H3.